The van der Waals surface area contributed by atoms with E-state index < -0.39 is 17.6 Å². The molecule has 3 aromatic rings. The molecule has 0 aliphatic heterocycles. The average Bonchev–Trinajstić information content (AvgIpc) is 3.03. The van der Waals surface area contributed by atoms with E-state index in [4.69, 9.17) is 11.6 Å². The van der Waals surface area contributed by atoms with Crippen molar-refractivity contribution in [1.82, 2.24) is 10.3 Å². The third kappa shape index (κ3) is 4.81. The smallest absolute Gasteiger partial charge is 0.361 e. The molecule has 142 valence electrons. The fourth-order valence-electron chi connectivity index (χ4n) is 2.76. The van der Waals surface area contributed by atoms with Gasteiger partial charge >= 0.3 is 6.18 Å². The van der Waals surface area contributed by atoms with E-state index in [-0.39, 0.29) is 17.3 Å². The molecule has 3 N–H and O–H groups in total. The monoisotopic (exact) mass is 395 g/mol. The summed E-state index contributed by atoms with van der Waals surface area (Å²) in [6, 6.07) is 10.7. The van der Waals surface area contributed by atoms with E-state index in [0.717, 1.165) is 34.7 Å². The van der Waals surface area contributed by atoms with Gasteiger partial charge in [0.05, 0.1) is 22.8 Å². The number of alkyl halides is 3. The number of H-pyrrole nitrogens is 1. The number of hydrogen-bond donors (Lipinski definition) is 3. The van der Waals surface area contributed by atoms with Crippen LogP contribution in [0.15, 0.2) is 48.7 Å². The zero-order valence-electron chi connectivity index (χ0n) is 14.2. The molecule has 0 fully saturated rings. The highest BCUT2D eigenvalue weighted by Crippen LogP contribution is 2.33. The van der Waals surface area contributed by atoms with E-state index >= 15 is 0 Å². The summed E-state index contributed by atoms with van der Waals surface area (Å²) in [5.74, 6) is -0.463. The number of rotatable bonds is 6. The van der Waals surface area contributed by atoms with Crippen LogP contribution in [-0.2, 0) is 17.4 Å². The minimum absolute atomic E-state index is 0.0328. The maximum atomic E-state index is 12.8. The van der Waals surface area contributed by atoms with Crippen molar-refractivity contribution in [2.75, 3.05) is 18.4 Å². The first-order chi connectivity index (χ1) is 12.8. The second-order valence-electron chi connectivity index (χ2n) is 6.03. The molecule has 0 bridgehead atoms. The number of aromatic nitrogens is 1. The summed E-state index contributed by atoms with van der Waals surface area (Å²) in [4.78, 5) is 15.2. The highest BCUT2D eigenvalue weighted by molar-refractivity contribution is 6.33. The van der Waals surface area contributed by atoms with Crippen molar-refractivity contribution in [2.24, 2.45) is 0 Å². The summed E-state index contributed by atoms with van der Waals surface area (Å²) < 4.78 is 38.3. The van der Waals surface area contributed by atoms with Gasteiger partial charge in [0.2, 0.25) is 5.91 Å². The molecule has 0 unspecified atom stereocenters. The third-order valence-corrected chi connectivity index (χ3v) is 4.43. The summed E-state index contributed by atoms with van der Waals surface area (Å²) in [6.07, 6.45) is -1.86. The van der Waals surface area contributed by atoms with E-state index in [1.165, 1.54) is 0 Å². The number of benzene rings is 2. The zero-order valence-corrected chi connectivity index (χ0v) is 14.9. The van der Waals surface area contributed by atoms with E-state index in [0.29, 0.717) is 13.0 Å². The van der Waals surface area contributed by atoms with Crippen LogP contribution in [0.1, 0.15) is 11.1 Å². The van der Waals surface area contributed by atoms with Gasteiger partial charge in [0.15, 0.2) is 0 Å². The van der Waals surface area contributed by atoms with Crippen LogP contribution in [0.3, 0.4) is 0 Å². The number of carbonyl (C=O) groups is 1. The Balaban J connectivity index is 1.51. The molecule has 4 nitrogen and oxygen atoms in total. The highest BCUT2D eigenvalue weighted by atomic mass is 35.5. The first kappa shape index (κ1) is 19.3. The van der Waals surface area contributed by atoms with Crippen molar-refractivity contribution in [3.8, 4) is 0 Å². The second kappa shape index (κ2) is 8.02. The lowest BCUT2D eigenvalue weighted by Crippen LogP contribution is -2.29. The molecule has 0 spiro atoms. The quantitative estimate of drug-likeness (QED) is 0.534. The summed E-state index contributed by atoms with van der Waals surface area (Å²) in [5, 5.41) is 6.56. The number of nitrogens with one attached hydrogen (secondary N) is 3. The van der Waals surface area contributed by atoms with Gasteiger partial charge in [-0.1, -0.05) is 29.8 Å². The van der Waals surface area contributed by atoms with Crippen molar-refractivity contribution in [1.29, 1.82) is 0 Å². The Morgan fingerprint density at radius 3 is 2.70 bits per heavy atom. The van der Waals surface area contributed by atoms with E-state index in [9.17, 15) is 18.0 Å². The van der Waals surface area contributed by atoms with Crippen LogP contribution in [0.25, 0.3) is 10.9 Å². The fraction of sp³-hybridized carbons (Fsp3) is 0.211. The lowest BCUT2D eigenvalue weighted by atomic mass is 10.1. The molecule has 0 radical (unpaired) electrons. The standard InChI is InChI=1S/C19H17ClF3N3O/c20-15-6-5-13(19(21,22)23)9-17(15)26-18(27)11-24-8-7-12-10-25-16-4-2-1-3-14(12)16/h1-6,9-10,24-25H,7-8,11H2,(H,26,27). The summed E-state index contributed by atoms with van der Waals surface area (Å²) in [6.45, 7) is 0.514. The number of amides is 1. The number of carbonyl (C=O) groups excluding carboxylic acids is 1. The number of anilines is 1. The minimum Gasteiger partial charge on any atom is -0.361 e. The Hall–Kier alpha value is -2.51. The van der Waals surface area contributed by atoms with Crippen molar-refractivity contribution in [2.45, 2.75) is 12.6 Å². The molecule has 27 heavy (non-hydrogen) atoms. The number of halogens is 4. The molecule has 0 aliphatic rings. The van der Waals surface area contributed by atoms with Gasteiger partial charge in [-0.25, -0.2) is 0 Å². The van der Waals surface area contributed by atoms with Gasteiger partial charge < -0.3 is 15.6 Å². The SMILES string of the molecule is O=C(CNCCc1c[nH]c2ccccc12)Nc1cc(C(F)(F)F)ccc1Cl. The van der Waals surface area contributed by atoms with Gasteiger partial charge in [0.1, 0.15) is 0 Å². The van der Waals surface area contributed by atoms with Crippen molar-refractivity contribution >= 4 is 34.1 Å². The van der Waals surface area contributed by atoms with Crippen LogP contribution >= 0.6 is 11.6 Å². The Morgan fingerprint density at radius 2 is 1.93 bits per heavy atom. The van der Waals surface area contributed by atoms with E-state index in [1.807, 2.05) is 30.5 Å². The highest BCUT2D eigenvalue weighted by Gasteiger charge is 2.31. The fourth-order valence-corrected chi connectivity index (χ4v) is 2.92. The van der Waals surface area contributed by atoms with Gasteiger partial charge in [-0.15, -0.1) is 0 Å². The van der Waals surface area contributed by atoms with Crippen LogP contribution in [0, 0.1) is 0 Å². The molecule has 1 amide bonds. The lowest BCUT2D eigenvalue weighted by Gasteiger charge is -2.12. The van der Waals surface area contributed by atoms with Gasteiger partial charge in [0, 0.05) is 17.1 Å². The number of hydrogen-bond acceptors (Lipinski definition) is 2. The molecule has 3 rings (SSSR count). The normalized spacial score (nSPS) is 11.7. The molecule has 0 saturated carbocycles. The van der Waals surface area contributed by atoms with E-state index in [2.05, 4.69) is 15.6 Å². The molecule has 0 saturated heterocycles. The Labute approximate surface area is 158 Å². The Bertz CT molecular complexity index is 953. The van der Waals surface area contributed by atoms with Crippen molar-refractivity contribution in [3.05, 3.63) is 64.8 Å². The molecule has 8 heteroatoms. The van der Waals surface area contributed by atoms with Crippen LogP contribution in [0.2, 0.25) is 5.02 Å². The predicted octanol–water partition coefficient (Wildman–Crippen LogP) is 4.61. The first-order valence-corrected chi connectivity index (χ1v) is 8.64. The first-order valence-electron chi connectivity index (χ1n) is 8.27. The Kier molecular flexibility index (Phi) is 5.72. The van der Waals surface area contributed by atoms with Crippen LogP contribution < -0.4 is 10.6 Å². The molecular formula is C19H17ClF3N3O. The van der Waals surface area contributed by atoms with Crippen LogP contribution in [-0.4, -0.2) is 24.0 Å². The van der Waals surface area contributed by atoms with Crippen molar-refractivity contribution < 1.29 is 18.0 Å². The third-order valence-electron chi connectivity index (χ3n) is 4.10. The summed E-state index contributed by atoms with van der Waals surface area (Å²) >= 11 is 5.87. The molecule has 1 aromatic heterocycles. The lowest BCUT2D eigenvalue weighted by molar-refractivity contribution is -0.137. The van der Waals surface area contributed by atoms with Crippen LogP contribution in [0.4, 0.5) is 18.9 Å². The van der Waals surface area contributed by atoms with E-state index in [1.54, 1.807) is 0 Å². The predicted molar refractivity (Wildman–Crippen MR) is 100.0 cm³/mol. The van der Waals surface area contributed by atoms with Gasteiger partial charge in [-0.2, -0.15) is 13.2 Å². The molecule has 1 heterocycles. The Morgan fingerprint density at radius 1 is 1.15 bits per heavy atom. The topological polar surface area (TPSA) is 56.9 Å². The average molecular weight is 396 g/mol. The zero-order chi connectivity index (χ0) is 19.4. The second-order valence-corrected chi connectivity index (χ2v) is 6.43. The maximum absolute atomic E-state index is 12.8. The molecule has 2 aromatic carbocycles. The van der Waals surface area contributed by atoms with Gasteiger partial charge in [-0.3, -0.25) is 4.79 Å². The minimum atomic E-state index is -4.50. The number of fused-ring (bicyclic) bond motifs is 1. The summed E-state index contributed by atoms with van der Waals surface area (Å²) in [7, 11) is 0. The van der Waals surface area contributed by atoms with Crippen molar-refractivity contribution in [3.63, 3.8) is 0 Å². The molecule has 0 atom stereocenters. The number of aromatic amines is 1. The van der Waals surface area contributed by atoms with Crippen LogP contribution in [0.5, 0.6) is 0 Å². The van der Waals surface area contributed by atoms with Gasteiger partial charge in [0.25, 0.3) is 0 Å². The molecular weight excluding hydrogens is 379 g/mol. The summed E-state index contributed by atoms with van der Waals surface area (Å²) in [5.41, 5.74) is 1.24. The maximum Gasteiger partial charge on any atom is 0.416 e. The van der Waals surface area contributed by atoms with Gasteiger partial charge in [-0.05, 0) is 42.8 Å². The molecule has 0 aliphatic carbocycles. The number of para-hydroxylation sites is 1. The largest absolute Gasteiger partial charge is 0.416 e.